The molecule has 188 valence electrons. The number of hydrogen-bond acceptors (Lipinski definition) is 4. The van der Waals surface area contributed by atoms with Gasteiger partial charge in [-0.25, -0.2) is 9.98 Å². The molecule has 1 amide bonds. The molecule has 2 aromatic rings. The quantitative estimate of drug-likeness (QED) is 0.381. The minimum atomic E-state index is -0.166. The van der Waals surface area contributed by atoms with Crippen LogP contribution in [0, 0.1) is 0 Å². The molecule has 3 N–H and O–H groups in total. The number of nitrogens with one attached hydrogen (secondary N) is 3. The Balaban J connectivity index is 1.36. The van der Waals surface area contributed by atoms with Crippen molar-refractivity contribution >= 4 is 40.9 Å². The van der Waals surface area contributed by atoms with E-state index in [1.807, 2.05) is 12.1 Å². The second-order valence-corrected chi connectivity index (χ2v) is 10.2. The lowest BCUT2D eigenvalue weighted by Gasteiger charge is -2.35. The van der Waals surface area contributed by atoms with Crippen molar-refractivity contribution in [1.29, 1.82) is 0 Å². The lowest BCUT2D eigenvalue weighted by molar-refractivity contribution is 0.0954. The summed E-state index contributed by atoms with van der Waals surface area (Å²) in [7, 11) is 0. The Kier molecular flexibility index (Phi) is 9.24. The lowest BCUT2D eigenvalue weighted by atomic mass is 9.96. The van der Waals surface area contributed by atoms with Gasteiger partial charge in [0.05, 0.1) is 11.6 Å². The van der Waals surface area contributed by atoms with Gasteiger partial charge in [-0.3, -0.25) is 4.79 Å². The van der Waals surface area contributed by atoms with Gasteiger partial charge in [-0.15, -0.1) is 0 Å². The largest absolute Gasteiger partial charge is 0.352 e. The van der Waals surface area contributed by atoms with Crippen LogP contribution in [0.1, 0.15) is 54.9 Å². The Morgan fingerprint density at radius 2 is 2.03 bits per heavy atom. The molecule has 0 spiro atoms. The average molecular weight is 518 g/mol. The van der Waals surface area contributed by atoms with Crippen molar-refractivity contribution in [1.82, 2.24) is 20.5 Å². The fourth-order valence-electron chi connectivity index (χ4n) is 4.55. The number of carbonyl (C=O) groups excluding carboxylic acids is 1. The number of benzene rings is 1. The van der Waals surface area contributed by atoms with Crippen molar-refractivity contribution in [2.75, 3.05) is 31.5 Å². The number of nitrogens with zero attached hydrogens (tertiary/aromatic N) is 3. The van der Waals surface area contributed by atoms with Gasteiger partial charge in [0, 0.05) is 48.5 Å². The third kappa shape index (κ3) is 7.56. The molecule has 2 fully saturated rings. The summed E-state index contributed by atoms with van der Waals surface area (Å²) >= 11 is 12.2. The van der Waals surface area contributed by atoms with Crippen LogP contribution in [0.25, 0.3) is 0 Å². The smallest absolute Gasteiger partial charge is 0.252 e. The summed E-state index contributed by atoms with van der Waals surface area (Å²) in [5, 5.41) is 11.1. The summed E-state index contributed by atoms with van der Waals surface area (Å²) in [5.41, 5.74) is 1.46. The molecule has 0 radical (unpaired) electrons. The zero-order valence-corrected chi connectivity index (χ0v) is 21.7. The van der Waals surface area contributed by atoms with Crippen LogP contribution in [0.3, 0.4) is 0 Å². The first kappa shape index (κ1) is 25.7. The zero-order chi connectivity index (χ0) is 24.6. The van der Waals surface area contributed by atoms with Crippen LogP contribution in [0.15, 0.2) is 41.5 Å². The molecular formula is C26H34Cl2N6O. The number of hydrogen-bond donors (Lipinski definition) is 3. The Morgan fingerprint density at radius 1 is 1.20 bits per heavy atom. The first-order valence-electron chi connectivity index (χ1n) is 12.5. The third-order valence-corrected chi connectivity index (χ3v) is 7.10. The minimum absolute atomic E-state index is 0.166. The van der Waals surface area contributed by atoms with Gasteiger partial charge in [-0.05, 0) is 56.0 Å². The summed E-state index contributed by atoms with van der Waals surface area (Å²) in [5.74, 6) is 1.41. The van der Waals surface area contributed by atoms with Crippen molar-refractivity contribution in [2.24, 2.45) is 4.99 Å². The topological polar surface area (TPSA) is 81.7 Å². The number of piperazine rings is 1. The number of anilines is 1. The van der Waals surface area contributed by atoms with Gasteiger partial charge in [-0.2, -0.15) is 0 Å². The Labute approximate surface area is 217 Å². The number of aliphatic imine (C=N–C) groups is 1. The molecule has 35 heavy (non-hydrogen) atoms. The fourth-order valence-corrected chi connectivity index (χ4v) is 5.06. The van der Waals surface area contributed by atoms with E-state index in [-0.39, 0.29) is 5.91 Å². The lowest BCUT2D eigenvalue weighted by Crippen LogP contribution is -2.53. The number of rotatable bonds is 6. The van der Waals surface area contributed by atoms with E-state index in [9.17, 15) is 4.79 Å². The van der Waals surface area contributed by atoms with Crippen LogP contribution in [0.5, 0.6) is 0 Å². The normalized spacial score (nSPS) is 19.5. The highest BCUT2D eigenvalue weighted by Crippen LogP contribution is 2.22. The second kappa shape index (κ2) is 12.6. The van der Waals surface area contributed by atoms with Crippen molar-refractivity contribution in [2.45, 2.75) is 57.5 Å². The fraction of sp³-hybridized carbons (Fsp3) is 0.500. The summed E-state index contributed by atoms with van der Waals surface area (Å²) in [6, 6.07) is 9.78. The van der Waals surface area contributed by atoms with Crippen LogP contribution in [0.2, 0.25) is 10.0 Å². The van der Waals surface area contributed by atoms with Crippen LogP contribution in [-0.2, 0) is 6.42 Å². The predicted octanol–water partition coefficient (Wildman–Crippen LogP) is 4.76. The maximum absolute atomic E-state index is 12.6. The molecule has 2 heterocycles. The molecule has 1 atom stereocenters. The van der Waals surface area contributed by atoms with Gasteiger partial charge in [0.1, 0.15) is 5.82 Å². The van der Waals surface area contributed by atoms with E-state index in [1.54, 1.807) is 24.4 Å². The third-order valence-electron chi connectivity index (χ3n) is 6.51. The molecule has 7 nitrogen and oxygen atoms in total. The van der Waals surface area contributed by atoms with E-state index in [0.717, 1.165) is 44.0 Å². The summed E-state index contributed by atoms with van der Waals surface area (Å²) in [6.07, 6.45) is 8.29. The molecule has 0 bridgehead atoms. The number of amides is 1. The number of halogens is 2. The van der Waals surface area contributed by atoms with Crippen LogP contribution < -0.4 is 16.0 Å². The molecule has 1 aromatic heterocycles. The van der Waals surface area contributed by atoms with Crippen molar-refractivity contribution in [3.05, 3.63) is 57.7 Å². The van der Waals surface area contributed by atoms with Gasteiger partial charge in [0.15, 0.2) is 5.96 Å². The molecule has 1 aromatic carbocycles. The predicted molar refractivity (Wildman–Crippen MR) is 144 cm³/mol. The van der Waals surface area contributed by atoms with E-state index >= 15 is 0 Å². The number of aromatic nitrogens is 1. The van der Waals surface area contributed by atoms with Gasteiger partial charge >= 0.3 is 0 Å². The molecule has 1 aliphatic heterocycles. The first-order chi connectivity index (χ1) is 17.0. The Bertz CT molecular complexity index is 1020. The number of pyridine rings is 1. The number of carbonyl (C=O) groups is 1. The van der Waals surface area contributed by atoms with Crippen molar-refractivity contribution in [3.63, 3.8) is 0 Å². The summed E-state index contributed by atoms with van der Waals surface area (Å²) in [4.78, 5) is 24.5. The SMILES string of the molecule is C[C@H]1CN(/C(=N\C2CCCCC2)Nc2ccc(C(=O)NCCc3ccc(Cl)cc3Cl)cn2)CCN1. The highest BCUT2D eigenvalue weighted by atomic mass is 35.5. The average Bonchev–Trinajstić information content (AvgIpc) is 2.86. The minimum Gasteiger partial charge on any atom is -0.352 e. The van der Waals surface area contributed by atoms with Gasteiger partial charge in [0.2, 0.25) is 0 Å². The van der Waals surface area contributed by atoms with Gasteiger partial charge < -0.3 is 20.9 Å². The van der Waals surface area contributed by atoms with Crippen LogP contribution in [0.4, 0.5) is 5.82 Å². The summed E-state index contributed by atoms with van der Waals surface area (Å²) < 4.78 is 0. The van der Waals surface area contributed by atoms with Crippen molar-refractivity contribution < 1.29 is 4.79 Å². The van der Waals surface area contributed by atoms with E-state index in [2.05, 4.69) is 32.8 Å². The monoisotopic (exact) mass is 516 g/mol. The van der Waals surface area contributed by atoms with Gasteiger partial charge in [-0.1, -0.05) is 48.5 Å². The zero-order valence-electron chi connectivity index (χ0n) is 20.2. The molecule has 1 saturated heterocycles. The second-order valence-electron chi connectivity index (χ2n) is 9.34. The Hall–Kier alpha value is -2.35. The first-order valence-corrected chi connectivity index (χ1v) is 13.2. The standard InChI is InChI=1S/C26H34Cl2N6O/c1-18-17-34(14-13-29-18)26(32-22-5-3-2-4-6-22)33-24-10-8-20(16-31-24)25(35)30-12-11-19-7-9-21(27)15-23(19)28/h7-10,15-16,18,22,29H,2-6,11-14,17H2,1H3,(H,30,35)(H,31,32,33)/t18-/m0/s1. The molecule has 0 unspecified atom stereocenters. The molecule has 4 rings (SSSR count). The van der Waals surface area contributed by atoms with Crippen LogP contribution >= 0.6 is 23.2 Å². The molecular weight excluding hydrogens is 483 g/mol. The van der Waals surface area contributed by atoms with E-state index in [1.165, 1.54) is 19.3 Å². The molecule has 9 heteroatoms. The maximum Gasteiger partial charge on any atom is 0.252 e. The van der Waals surface area contributed by atoms with E-state index in [0.29, 0.717) is 46.5 Å². The molecule has 2 aliphatic rings. The van der Waals surface area contributed by atoms with E-state index in [4.69, 9.17) is 28.2 Å². The van der Waals surface area contributed by atoms with Crippen LogP contribution in [-0.4, -0.2) is 60.0 Å². The highest BCUT2D eigenvalue weighted by Gasteiger charge is 2.22. The van der Waals surface area contributed by atoms with Crippen molar-refractivity contribution in [3.8, 4) is 0 Å². The highest BCUT2D eigenvalue weighted by molar-refractivity contribution is 6.35. The summed E-state index contributed by atoms with van der Waals surface area (Å²) in [6.45, 7) is 5.40. The van der Waals surface area contributed by atoms with Gasteiger partial charge in [0.25, 0.3) is 5.91 Å². The Morgan fingerprint density at radius 3 is 2.74 bits per heavy atom. The number of guanidine groups is 1. The maximum atomic E-state index is 12.6. The van der Waals surface area contributed by atoms with E-state index < -0.39 is 0 Å². The molecule has 1 aliphatic carbocycles. The molecule has 1 saturated carbocycles.